The zero-order valence-corrected chi connectivity index (χ0v) is 6.92. The second kappa shape index (κ2) is 4.20. The van der Waals surface area contributed by atoms with Crippen molar-refractivity contribution in [2.45, 2.75) is 6.54 Å². The number of halogens is 1. The fourth-order valence-electron chi connectivity index (χ4n) is 0.886. The van der Waals surface area contributed by atoms with E-state index in [-0.39, 0.29) is 17.8 Å². The van der Waals surface area contributed by atoms with Crippen molar-refractivity contribution in [3.05, 3.63) is 50.1 Å². The maximum absolute atomic E-state index is 13.0. The first-order valence-electron chi connectivity index (χ1n) is 3.59. The van der Waals surface area contributed by atoms with Crippen molar-refractivity contribution in [1.82, 2.24) is 0 Å². The van der Waals surface area contributed by atoms with Gasteiger partial charge >= 0.3 is 0 Å². The van der Waals surface area contributed by atoms with Crippen LogP contribution in [-0.4, -0.2) is 4.92 Å². The van der Waals surface area contributed by atoms with Crippen LogP contribution in [0.15, 0.2) is 23.3 Å². The van der Waals surface area contributed by atoms with Gasteiger partial charge in [0.2, 0.25) is 0 Å². The molecule has 0 saturated heterocycles. The monoisotopic (exact) mass is 196 g/mol. The van der Waals surface area contributed by atoms with Crippen molar-refractivity contribution in [2.75, 3.05) is 0 Å². The van der Waals surface area contributed by atoms with Gasteiger partial charge < -0.3 is 0 Å². The summed E-state index contributed by atoms with van der Waals surface area (Å²) in [5.41, 5.74) is 7.80. The lowest BCUT2D eigenvalue weighted by Gasteiger charge is -1.97. The smallest absolute Gasteiger partial charge is 0.258 e. The normalized spacial score (nSPS) is 9.21. The van der Waals surface area contributed by atoms with Crippen LogP contribution in [0.5, 0.6) is 0 Å². The van der Waals surface area contributed by atoms with Gasteiger partial charge in [0.1, 0.15) is 5.82 Å². The Hall–Kier alpha value is -2.14. The maximum atomic E-state index is 13.0. The summed E-state index contributed by atoms with van der Waals surface area (Å²) >= 11 is 0. The van der Waals surface area contributed by atoms with Crippen molar-refractivity contribution >= 4 is 5.69 Å². The Kier molecular flexibility index (Phi) is 2.98. The van der Waals surface area contributed by atoms with Crippen molar-refractivity contribution in [2.24, 2.45) is 5.11 Å². The highest BCUT2D eigenvalue weighted by Crippen LogP contribution is 2.16. The number of benzene rings is 1. The molecule has 0 radical (unpaired) electrons. The molecule has 0 bridgehead atoms. The molecule has 0 fully saturated rings. The van der Waals surface area contributed by atoms with Crippen LogP contribution in [0.4, 0.5) is 10.1 Å². The van der Waals surface area contributed by atoms with E-state index in [1.165, 1.54) is 6.07 Å². The maximum Gasteiger partial charge on any atom is 0.272 e. The van der Waals surface area contributed by atoms with Crippen LogP contribution in [0.2, 0.25) is 0 Å². The summed E-state index contributed by atoms with van der Waals surface area (Å²) in [6, 6.07) is 3.18. The predicted molar refractivity (Wildman–Crippen MR) is 45.9 cm³/mol. The van der Waals surface area contributed by atoms with Gasteiger partial charge in [0.25, 0.3) is 5.69 Å². The molecule has 0 N–H and O–H groups in total. The van der Waals surface area contributed by atoms with E-state index in [1.54, 1.807) is 0 Å². The Morgan fingerprint density at radius 1 is 1.64 bits per heavy atom. The van der Waals surface area contributed by atoms with Crippen molar-refractivity contribution < 1.29 is 9.31 Å². The number of hydrogen-bond donors (Lipinski definition) is 0. The number of hydrogen-bond acceptors (Lipinski definition) is 3. The van der Waals surface area contributed by atoms with Crippen LogP contribution >= 0.6 is 0 Å². The number of non-ortho nitro benzene ring substituents is 1. The first-order valence-corrected chi connectivity index (χ1v) is 3.59. The zero-order chi connectivity index (χ0) is 10.6. The number of rotatable bonds is 3. The Bertz CT molecular complexity index is 414. The molecule has 0 heterocycles. The Labute approximate surface area is 77.7 Å². The molecular weight excluding hydrogens is 191 g/mol. The molecule has 6 nitrogen and oxygen atoms in total. The van der Waals surface area contributed by atoms with E-state index in [0.29, 0.717) is 0 Å². The largest absolute Gasteiger partial charge is 0.272 e. The number of nitrogens with zero attached hydrogens (tertiary/aromatic N) is 4. The third-order valence-corrected chi connectivity index (χ3v) is 1.55. The summed E-state index contributed by atoms with van der Waals surface area (Å²) in [4.78, 5) is 12.0. The molecule has 0 aromatic heterocycles. The Balaban J connectivity index is 3.00. The molecule has 1 aromatic carbocycles. The fraction of sp³-hybridized carbons (Fsp3) is 0.143. The molecule has 7 heteroatoms. The molecule has 0 aliphatic rings. The summed E-state index contributed by atoms with van der Waals surface area (Å²) in [5, 5.41) is 13.4. The van der Waals surface area contributed by atoms with Gasteiger partial charge in [0, 0.05) is 11.0 Å². The minimum absolute atomic E-state index is 0.133. The van der Waals surface area contributed by atoms with Gasteiger partial charge in [0.05, 0.1) is 17.5 Å². The Morgan fingerprint density at radius 3 is 2.86 bits per heavy atom. The van der Waals surface area contributed by atoms with E-state index in [9.17, 15) is 14.5 Å². The van der Waals surface area contributed by atoms with Gasteiger partial charge in [-0.15, -0.1) is 0 Å². The van der Waals surface area contributed by atoms with E-state index < -0.39 is 10.7 Å². The predicted octanol–water partition coefficient (Wildman–Crippen LogP) is 2.54. The van der Waals surface area contributed by atoms with Crippen LogP contribution in [0.3, 0.4) is 0 Å². The van der Waals surface area contributed by atoms with E-state index in [1.807, 2.05) is 0 Å². The third kappa shape index (κ3) is 2.18. The molecule has 0 aliphatic carbocycles. The lowest BCUT2D eigenvalue weighted by atomic mass is 10.2. The van der Waals surface area contributed by atoms with Gasteiger partial charge in [-0.3, -0.25) is 10.1 Å². The highest BCUT2D eigenvalue weighted by Gasteiger charge is 2.09. The quantitative estimate of drug-likeness (QED) is 0.244. The minimum Gasteiger partial charge on any atom is -0.258 e. The average molecular weight is 196 g/mol. The molecular formula is C7H5FN4O2. The van der Waals surface area contributed by atoms with E-state index in [2.05, 4.69) is 10.0 Å². The van der Waals surface area contributed by atoms with E-state index in [0.717, 1.165) is 12.1 Å². The fourth-order valence-corrected chi connectivity index (χ4v) is 0.886. The zero-order valence-electron chi connectivity index (χ0n) is 6.92. The van der Waals surface area contributed by atoms with Crippen molar-refractivity contribution in [1.29, 1.82) is 0 Å². The molecule has 0 amide bonds. The van der Waals surface area contributed by atoms with E-state index in [4.69, 9.17) is 5.53 Å². The lowest BCUT2D eigenvalue weighted by Crippen LogP contribution is -1.92. The van der Waals surface area contributed by atoms with Crippen LogP contribution in [0.25, 0.3) is 10.4 Å². The Morgan fingerprint density at radius 2 is 2.36 bits per heavy atom. The van der Waals surface area contributed by atoms with Crippen LogP contribution in [-0.2, 0) is 6.54 Å². The summed E-state index contributed by atoms with van der Waals surface area (Å²) in [6.45, 7) is -0.152. The number of nitro groups is 1. The average Bonchev–Trinajstić information content (AvgIpc) is 2.15. The molecule has 14 heavy (non-hydrogen) atoms. The highest BCUT2D eigenvalue weighted by molar-refractivity contribution is 5.34. The minimum atomic E-state index is -0.744. The van der Waals surface area contributed by atoms with Crippen molar-refractivity contribution in [3.8, 4) is 0 Å². The summed E-state index contributed by atoms with van der Waals surface area (Å²) in [6.07, 6.45) is 0. The number of azide groups is 1. The second-order valence-corrected chi connectivity index (χ2v) is 2.42. The summed E-state index contributed by atoms with van der Waals surface area (Å²) in [7, 11) is 0. The topological polar surface area (TPSA) is 91.9 Å². The van der Waals surface area contributed by atoms with Gasteiger partial charge in [-0.05, 0) is 17.2 Å². The van der Waals surface area contributed by atoms with Crippen molar-refractivity contribution in [3.63, 3.8) is 0 Å². The third-order valence-electron chi connectivity index (χ3n) is 1.55. The van der Waals surface area contributed by atoms with Gasteiger partial charge in [-0.2, -0.15) is 0 Å². The molecule has 1 aromatic rings. The lowest BCUT2D eigenvalue weighted by molar-refractivity contribution is -0.385. The van der Waals surface area contributed by atoms with Gasteiger partial charge in [-0.25, -0.2) is 4.39 Å². The molecule has 0 spiro atoms. The number of nitro benzene ring substituents is 1. The summed E-state index contributed by atoms with van der Waals surface area (Å²) < 4.78 is 13.0. The first kappa shape index (κ1) is 9.94. The highest BCUT2D eigenvalue weighted by atomic mass is 19.1. The molecule has 1 rings (SSSR count). The van der Waals surface area contributed by atoms with Crippen LogP contribution < -0.4 is 0 Å². The molecule has 0 unspecified atom stereocenters. The standard InChI is InChI=1S/C7H5FN4O2/c8-7-3-6(12(13)14)2-1-5(7)4-10-11-9/h1-3H,4H2. The molecule has 0 aliphatic heterocycles. The van der Waals surface area contributed by atoms with E-state index >= 15 is 0 Å². The van der Waals surface area contributed by atoms with Crippen LogP contribution in [0.1, 0.15) is 5.56 Å². The molecule has 0 atom stereocenters. The molecule has 72 valence electrons. The first-order chi connectivity index (χ1) is 6.65. The molecule has 0 saturated carbocycles. The van der Waals surface area contributed by atoms with Gasteiger partial charge in [-0.1, -0.05) is 5.11 Å². The van der Waals surface area contributed by atoms with Gasteiger partial charge in [0.15, 0.2) is 0 Å². The SMILES string of the molecule is [N-]=[N+]=NCc1ccc([N+](=O)[O-])cc1F. The van der Waals surface area contributed by atoms with Crippen LogP contribution in [0, 0.1) is 15.9 Å². The summed E-state index contributed by atoms with van der Waals surface area (Å²) in [5.74, 6) is -0.744. The second-order valence-electron chi connectivity index (χ2n) is 2.42.